The number of amides is 1. The number of aromatic nitrogens is 4. The Morgan fingerprint density at radius 2 is 2.43 bits per heavy atom. The molecule has 0 unspecified atom stereocenters. The highest BCUT2D eigenvalue weighted by atomic mass is 32.1. The lowest BCUT2D eigenvalue weighted by atomic mass is 10.1. The van der Waals surface area contributed by atoms with E-state index in [1.54, 1.807) is 6.20 Å². The van der Waals surface area contributed by atoms with Crippen molar-refractivity contribution in [2.24, 2.45) is 0 Å². The first kappa shape index (κ1) is 16.1. The molecule has 7 nitrogen and oxygen atoms in total. The molecule has 0 aliphatic carbocycles. The number of nitrogens with one attached hydrogen (secondary N) is 1. The number of anilines is 1. The van der Waals surface area contributed by atoms with Gasteiger partial charge in [-0.2, -0.15) is 5.10 Å². The van der Waals surface area contributed by atoms with E-state index in [9.17, 15) is 4.79 Å². The highest BCUT2D eigenvalue weighted by Gasteiger charge is 2.18. The molecule has 1 aliphatic heterocycles. The van der Waals surface area contributed by atoms with Crippen LogP contribution in [0, 0.1) is 0 Å². The van der Waals surface area contributed by atoms with Crippen molar-refractivity contribution in [2.45, 2.75) is 51.7 Å². The Bertz CT molecular complexity index is 648. The predicted octanol–water partition coefficient (Wildman–Crippen LogP) is 2.51. The van der Waals surface area contributed by atoms with E-state index in [2.05, 4.69) is 26.9 Å². The summed E-state index contributed by atoms with van der Waals surface area (Å²) in [6.45, 7) is 3.60. The van der Waals surface area contributed by atoms with Gasteiger partial charge in [0.15, 0.2) is 0 Å². The van der Waals surface area contributed by atoms with Crippen LogP contribution in [-0.2, 0) is 17.7 Å². The zero-order valence-electron chi connectivity index (χ0n) is 13.2. The fourth-order valence-electron chi connectivity index (χ4n) is 2.66. The Labute approximate surface area is 139 Å². The Hall–Kier alpha value is -1.80. The number of hydrogen-bond donors (Lipinski definition) is 1. The number of hydrogen-bond acceptors (Lipinski definition) is 6. The van der Waals surface area contributed by atoms with Crippen LogP contribution >= 0.6 is 11.5 Å². The second-order valence-electron chi connectivity index (χ2n) is 5.69. The van der Waals surface area contributed by atoms with Gasteiger partial charge in [0.05, 0.1) is 30.2 Å². The zero-order valence-corrected chi connectivity index (χ0v) is 14.0. The fraction of sp³-hybridized carbons (Fsp3) is 0.600. The fourth-order valence-corrected chi connectivity index (χ4v) is 3.26. The summed E-state index contributed by atoms with van der Waals surface area (Å²) >= 11 is 1.13. The topological polar surface area (TPSA) is 81.9 Å². The van der Waals surface area contributed by atoms with Gasteiger partial charge >= 0.3 is 0 Å². The molecule has 0 bridgehead atoms. The van der Waals surface area contributed by atoms with E-state index >= 15 is 0 Å². The zero-order chi connectivity index (χ0) is 16.1. The molecule has 0 saturated carbocycles. The maximum atomic E-state index is 12.3. The summed E-state index contributed by atoms with van der Waals surface area (Å²) in [6, 6.07) is 0. The molecule has 2 aromatic rings. The maximum absolute atomic E-state index is 12.3. The van der Waals surface area contributed by atoms with Crippen LogP contribution in [0.2, 0.25) is 0 Å². The van der Waals surface area contributed by atoms with Crippen LogP contribution in [0.4, 0.5) is 5.69 Å². The number of carbonyl (C=O) groups is 1. The molecule has 1 N–H and O–H groups in total. The Morgan fingerprint density at radius 3 is 3.22 bits per heavy atom. The second-order valence-corrected chi connectivity index (χ2v) is 6.45. The van der Waals surface area contributed by atoms with Crippen molar-refractivity contribution in [1.82, 2.24) is 19.4 Å². The van der Waals surface area contributed by atoms with Crippen molar-refractivity contribution in [3.05, 3.63) is 23.0 Å². The summed E-state index contributed by atoms with van der Waals surface area (Å²) < 4.78 is 11.4. The standard InChI is InChI=1S/C15H21N5O2S/c1-2-5-13-14(23-19-18-13)15(21)17-11-8-16-20(9-11)10-12-6-3-4-7-22-12/h8-9,12H,2-7,10H2,1H3,(H,17,21)/t12-/m0/s1. The molecule has 2 aromatic heterocycles. The van der Waals surface area contributed by atoms with E-state index in [1.807, 2.05) is 10.9 Å². The normalized spacial score (nSPS) is 18.0. The van der Waals surface area contributed by atoms with Gasteiger partial charge in [-0.15, -0.1) is 5.10 Å². The first-order valence-electron chi connectivity index (χ1n) is 8.03. The SMILES string of the molecule is CCCc1nnsc1C(=O)Nc1cnn(C[C@@H]2CCCCO2)c1. The Kier molecular flexibility index (Phi) is 5.35. The molecule has 0 spiro atoms. The van der Waals surface area contributed by atoms with E-state index in [-0.39, 0.29) is 12.0 Å². The van der Waals surface area contributed by atoms with Crippen molar-refractivity contribution in [1.29, 1.82) is 0 Å². The van der Waals surface area contributed by atoms with Crippen LogP contribution < -0.4 is 5.32 Å². The summed E-state index contributed by atoms with van der Waals surface area (Å²) in [5.74, 6) is -0.170. The lowest BCUT2D eigenvalue weighted by molar-refractivity contribution is 0.00401. The van der Waals surface area contributed by atoms with Crippen molar-refractivity contribution < 1.29 is 9.53 Å². The van der Waals surface area contributed by atoms with Gasteiger partial charge in [0.2, 0.25) is 0 Å². The first-order valence-corrected chi connectivity index (χ1v) is 8.80. The van der Waals surface area contributed by atoms with Gasteiger partial charge in [-0.25, -0.2) is 0 Å². The van der Waals surface area contributed by atoms with Gasteiger partial charge in [-0.05, 0) is 37.2 Å². The molecule has 0 radical (unpaired) electrons. The van der Waals surface area contributed by atoms with Gasteiger partial charge in [-0.3, -0.25) is 9.48 Å². The molecule has 3 rings (SSSR count). The number of aryl methyl sites for hydroxylation is 1. The third kappa shape index (κ3) is 4.14. The minimum absolute atomic E-state index is 0.170. The summed E-state index contributed by atoms with van der Waals surface area (Å²) in [4.78, 5) is 12.9. The summed E-state index contributed by atoms with van der Waals surface area (Å²) in [6.07, 6.45) is 8.82. The molecule has 1 saturated heterocycles. The molecule has 1 amide bonds. The highest BCUT2D eigenvalue weighted by Crippen LogP contribution is 2.17. The van der Waals surface area contributed by atoms with Crippen LogP contribution in [0.5, 0.6) is 0 Å². The van der Waals surface area contributed by atoms with Crippen molar-refractivity contribution >= 4 is 23.1 Å². The van der Waals surface area contributed by atoms with Gasteiger partial charge in [0.1, 0.15) is 4.88 Å². The monoisotopic (exact) mass is 335 g/mol. The molecule has 0 aromatic carbocycles. The number of ether oxygens (including phenoxy) is 1. The van der Waals surface area contributed by atoms with Crippen LogP contribution in [0.1, 0.15) is 48.0 Å². The molecule has 23 heavy (non-hydrogen) atoms. The van der Waals surface area contributed by atoms with E-state index in [1.165, 1.54) is 6.42 Å². The summed E-state index contributed by atoms with van der Waals surface area (Å²) in [7, 11) is 0. The van der Waals surface area contributed by atoms with E-state index in [0.717, 1.165) is 56.1 Å². The minimum Gasteiger partial charge on any atom is -0.376 e. The van der Waals surface area contributed by atoms with Crippen molar-refractivity contribution in [3.8, 4) is 0 Å². The average molecular weight is 335 g/mol. The largest absolute Gasteiger partial charge is 0.376 e. The third-order valence-corrected chi connectivity index (χ3v) is 4.57. The van der Waals surface area contributed by atoms with Crippen LogP contribution in [0.3, 0.4) is 0 Å². The van der Waals surface area contributed by atoms with Crippen LogP contribution in [0.25, 0.3) is 0 Å². The van der Waals surface area contributed by atoms with Gasteiger partial charge in [-0.1, -0.05) is 17.8 Å². The molecular formula is C15H21N5O2S. The maximum Gasteiger partial charge on any atom is 0.269 e. The summed E-state index contributed by atoms with van der Waals surface area (Å²) in [5.41, 5.74) is 1.44. The Balaban J connectivity index is 1.59. The third-order valence-electron chi connectivity index (χ3n) is 3.80. The van der Waals surface area contributed by atoms with E-state index in [0.29, 0.717) is 10.6 Å². The first-order chi connectivity index (χ1) is 11.3. The average Bonchev–Trinajstić information content (AvgIpc) is 3.18. The highest BCUT2D eigenvalue weighted by molar-refractivity contribution is 7.08. The van der Waals surface area contributed by atoms with E-state index in [4.69, 9.17) is 4.74 Å². The van der Waals surface area contributed by atoms with Gasteiger partial charge in [0.25, 0.3) is 5.91 Å². The number of nitrogens with zero attached hydrogens (tertiary/aromatic N) is 4. The van der Waals surface area contributed by atoms with Crippen LogP contribution in [-0.4, -0.2) is 38.0 Å². The quantitative estimate of drug-likeness (QED) is 0.877. The molecule has 1 atom stereocenters. The van der Waals surface area contributed by atoms with Crippen LogP contribution in [0.15, 0.2) is 12.4 Å². The van der Waals surface area contributed by atoms with Crippen molar-refractivity contribution in [3.63, 3.8) is 0 Å². The molecular weight excluding hydrogens is 314 g/mol. The molecule has 1 fully saturated rings. The minimum atomic E-state index is -0.170. The van der Waals surface area contributed by atoms with E-state index < -0.39 is 0 Å². The molecule has 124 valence electrons. The smallest absolute Gasteiger partial charge is 0.269 e. The molecule has 3 heterocycles. The number of rotatable bonds is 6. The summed E-state index contributed by atoms with van der Waals surface area (Å²) in [5, 5.41) is 11.2. The number of carbonyl (C=O) groups excluding carboxylic acids is 1. The molecule has 1 aliphatic rings. The lowest BCUT2D eigenvalue weighted by Crippen LogP contribution is -2.24. The second kappa shape index (κ2) is 7.65. The molecule has 8 heteroatoms. The van der Waals surface area contributed by atoms with Crippen molar-refractivity contribution in [2.75, 3.05) is 11.9 Å². The van der Waals surface area contributed by atoms with Gasteiger partial charge < -0.3 is 10.1 Å². The predicted molar refractivity (Wildman–Crippen MR) is 87.7 cm³/mol. The lowest BCUT2D eigenvalue weighted by Gasteiger charge is -2.22. The van der Waals surface area contributed by atoms with Gasteiger partial charge in [0, 0.05) is 12.8 Å². The Morgan fingerprint density at radius 1 is 1.52 bits per heavy atom.